The molecule has 0 aromatic rings. The Balaban J connectivity index is 1.33. The zero-order valence-corrected chi connectivity index (χ0v) is 18.9. The minimum Gasteiger partial charge on any atom is -0.462 e. The summed E-state index contributed by atoms with van der Waals surface area (Å²) in [5.74, 6) is 3.32. The van der Waals surface area contributed by atoms with E-state index < -0.39 is 0 Å². The van der Waals surface area contributed by atoms with Crippen LogP contribution in [-0.4, -0.2) is 31.1 Å². The van der Waals surface area contributed by atoms with Crippen LogP contribution < -0.4 is 0 Å². The first kappa shape index (κ1) is 20.3. The Labute approximate surface area is 176 Å². The van der Waals surface area contributed by atoms with Gasteiger partial charge in [-0.25, -0.2) is 0 Å². The lowest BCUT2D eigenvalue weighted by atomic mass is 9.44. The van der Waals surface area contributed by atoms with Gasteiger partial charge in [0.15, 0.2) is 5.79 Å². The Bertz CT molecular complexity index is 655. The third-order valence-corrected chi connectivity index (χ3v) is 10.5. The van der Waals surface area contributed by atoms with Crippen LogP contribution >= 0.6 is 0 Å². The van der Waals surface area contributed by atoms with E-state index in [-0.39, 0.29) is 23.3 Å². The monoisotopic (exact) mass is 404 g/mol. The maximum absolute atomic E-state index is 11.7. The van der Waals surface area contributed by atoms with Gasteiger partial charge in [0.05, 0.1) is 13.2 Å². The average molecular weight is 405 g/mol. The molecule has 0 bridgehead atoms. The molecule has 5 rings (SSSR count). The van der Waals surface area contributed by atoms with E-state index in [4.69, 9.17) is 14.2 Å². The number of esters is 1. The number of hydrogen-bond donors (Lipinski definition) is 0. The van der Waals surface area contributed by atoms with Gasteiger partial charge in [0, 0.05) is 18.3 Å². The standard InChI is InChI=1S/C25H40O4/c1-16(26)29-22-8-7-20-19-6-5-17-15-18(25(4)27-13-14-28-25)9-11-23(17,2)21(19)10-12-24(20,22)3/h17-22H,5-15H2,1-4H3/t17-,18-,19+,20+,21+,22-,23-,24+/m0/s1. The molecule has 1 heterocycles. The smallest absolute Gasteiger partial charge is 0.302 e. The molecule has 4 heteroatoms. The lowest BCUT2D eigenvalue weighted by molar-refractivity contribution is -0.211. The summed E-state index contributed by atoms with van der Waals surface area (Å²) in [5.41, 5.74) is 0.668. The van der Waals surface area contributed by atoms with Crippen molar-refractivity contribution >= 4 is 5.97 Å². The first-order valence-corrected chi connectivity index (χ1v) is 12.2. The fraction of sp³-hybridized carbons (Fsp3) is 0.960. The summed E-state index contributed by atoms with van der Waals surface area (Å²) in [4.78, 5) is 11.7. The first-order chi connectivity index (χ1) is 13.8. The molecule has 4 saturated carbocycles. The van der Waals surface area contributed by atoms with Crippen LogP contribution in [-0.2, 0) is 19.0 Å². The molecule has 29 heavy (non-hydrogen) atoms. The second kappa shape index (κ2) is 6.95. The van der Waals surface area contributed by atoms with Crippen molar-refractivity contribution in [2.24, 2.45) is 40.4 Å². The number of fused-ring (bicyclic) bond motifs is 5. The zero-order chi connectivity index (χ0) is 20.4. The SMILES string of the molecule is CC(=O)O[C@H]1CC[C@@H]2[C@H]3CC[C@H]4C[C@@H](C5(C)OCCO5)CC[C@]4(C)[C@@H]3CC[C@@]12C. The summed E-state index contributed by atoms with van der Waals surface area (Å²) in [6, 6.07) is 0. The van der Waals surface area contributed by atoms with Crippen molar-refractivity contribution in [3.05, 3.63) is 0 Å². The van der Waals surface area contributed by atoms with Gasteiger partial charge in [-0.05, 0) is 93.8 Å². The van der Waals surface area contributed by atoms with Gasteiger partial charge in [-0.1, -0.05) is 13.8 Å². The van der Waals surface area contributed by atoms with Crippen LogP contribution in [0.15, 0.2) is 0 Å². The second-order valence-corrected chi connectivity index (χ2v) is 11.6. The quantitative estimate of drug-likeness (QED) is 0.583. The van der Waals surface area contributed by atoms with Gasteiger partial charge < -0.3 is 14.2 Å². The minimum absolute atomic E-state index is 0.0992. The summed E-state index contributed by atoms with van der Waals surface area (Å²) in [5, 5.41) is 0. The minimum atomic E-state index is -0.341. The number of hydrogen-bond acceptors (Lipinski definition) is 4. The van der Waals surface area contributed by atoms with Gasteiger partial charge in [0.2, 0.25) is 0 Å². The molecule has 1 saturated heterocycles. The molecule has 0 aromatic heterocycles. The van der Waals surface area contributed by atoms with Crippen molar-refractivity contribution in [3.8, 4) is 0 Å². The van der Waals surface area contributed by atoms with Gasteiger partial charge in [-0.15, -0.1) is 0 Å². The van der Waals surface area contributed by atoms with Crippen molar-refractivity contribution < 1.29 is 19.0 Å². The summed E-state index contributed by atoms with van der Waals surface area (Å²) >= 11 is 0. The van der Waals surface area contributed by atoms with E-state index in [0.29, 0.717) is 11.3 Å². The lowest BCUT2D eigenvalue weighted by Gasteiger charge is -2.61. The summed E-state index contributed by atoms with van der Waals surface area (Å²) in [7, 11) is 0. The molecule has 164 valence electrons. The molecule has 5 fully saturated rings. The first-order valence-electron chi connectivity index (χ1n) is 12.2. The summed E-state index contributed by atoms with van der Waals surface area (Å²) < 4.78 is 17.9. The summed E-state index contributed by atoms with van der Waals surface area (Å²) in [6.45, 7) is 10.3. The van der Waals surface area contributed by atoms with E-state index in [9.17, 15) is 4.79 Å². The second-order valence-electron chi connectivity index (χ2n) is 11.6. The zero-order valence-electron chi connectivity index (χ0n) is 18.9. The maximum Gasteiger partial charge on any atom is 0.302 e. The molecule has 4 nitrogen and oxygen atoms in total. The van der Waals surface area contributed by atoms with E-state index in [1.807, 2.05) is 0 Å². The predicted molar refractivity (Wildman–Crippen MR) is 111 cm³/mol. The molecule has 0 aromatic carbocycles. The Kier molecular flexibility index (Phi) is 4.87. The Morgan fingerprint density at radius 2 is 1.52 bits per heavy atom. The van der Waals surface area contributed by atoms with Gasteiger partial charge in [-0.2, -0.15) is 0 Å². The molecule has 8 atom stereocenters. The highest BCUT2D eigenvalue weighted by atomic mass is 16.7. The van der Waals surface area contributed by atoms with Crippen molar-refractivity contribution in [3.63, 3.8) is 0 Å². The van der Waals surface area contributed by atoms with Crippen LogP contribution in [0, 0.1) is 40.4 Å². The third-order valence-electron chi connectivity index (χ3n) is 10.5. The van der Waals surface area contributed by atoms with Crippen LogP contribution in [0.25, 0.3) is 0 Å². The molecule has 0 spiro atoms. The molecule has 4 aliphatic carbocycles. The van der Waals surface area contributed by atoms with Gasteiger partial charge >= 0.3 is 5.97 Å². The largest absolute Gasteiger partial charge is 0.462 e. The topological polar surface area (TPSA) is 44.8 Å². The number of carbonyl (C=O) groups is 1. The van der Waals surface area contributed by atoms with Gasteiger partial charge in [0.25, 0.3) is 0 Å². The number of ether oxygens (including phenoxy) is 3. The van der Waals surface area contributed by atoms with Crippen molar-refractivity contribution in [2.75, 3.05) is 13.2 Å². The van der Waals surface area contributed by atoms with Gasteiger partial charge in [-0.3, -0.25) is 4.79 Å². The molecule has 0 amide bonds. The van der Waals surface area contributed by atoms with Crippen LogP contribution in [0.3, 0.4) is 0 Å². The maximum atomic E-state index is 11.7. The fourth-order valence-corrected chi connectivity index (χ4v) is 8.85. The molecule has 0 unspecified atom stereocenters. The van der Waals surface area contributed by atoms with Crippen LogP contribution in [0.2, 0.25) is 0 Å². The molecule has 5 aliphatic rings. The van der Waals surface area contributed by atoms with E-state index in [2.05, 4.69) is 20.8 Å². The van der Waals surface area contributed by atoms with Crippen LogP contribution in [0.1, 0.15) is 85.5 Å². The summed E-state index contributed by atoms with van der Waals surface area (Å²) in [6.07, 6.45) is 11.6. The normalized spacial score (nSPS) is 51.0. The highest BCUT2D eigenvalue weighted by molar-refractivity contribution is 5.66. The van der Waals surface area contributed by atoms with E-state index in [0.717, 1.165) is 43.3 Å². The highest BCUT2D eigenvalue weighted by Gasteiger charge is 2.61. The van der Waals surface area contributed by atoms with Crippen LogP contribution in [0.5, 0.6) is 0 Å². The molecule has 1 aliphatic heterocycles. The lowest BCUT2D eigenvalue weighted by Crippen LogP contribution is -2.55. The van der Waals surface area contributed by atoms with Crippen molar-refractivity contribution in [1.82, 2.24) is 0 Å². The van der Waals surface area contributed by atoms with E-state index in [1.54, 1.807) is 6.92 Å². The Morgan fingerprint density at radius 3 is 2.24 bits per heavy atom. The van der Waals surface area contributed by atoms with Crippen LogP contribution in [0.4, 0.5) is 0 Å². The average Bonchev–Trinajstić information content (AvgIpc) is 3.25. The van der Waals surface area contributed by atoms with Gasteiger partial charge in [0.1, 0.15) is 6.10 Å². The number of carbonyl (C=O) groups excluding carboxylic acids is 1. The van der Waals surface area contributed by atoms with Crippen molar-refractivity contribution in [1.29, 1.82) is 0 Å². The van der Waals surface area contributed by atoms with Crippen molar-refractivity contribution in [2.45, 2.75) is 97.4 Å². The van der Waals surface area contributed by atoms with E-state index >= 15 is 0 Å². The van der Waals surface area contributed by atoms with E-state index in [1.165, 1.54) is 51.4 Å². The predicted octanol–water partition coefficient (Wildman–Crippen LogP) is 5.34. The third kappa shape index (κ3) is 3.03. The molecule has 0 N–H and O–H groups in total. The molecular weight excluding hydrogens is 364 g/mol. The fourth-order valence-electron chi connectivity index (χ4n) is 8.85. The number of rotatable bonds is 2. The Morgan fingerprint density at radius 1 is 0.828 bits per heavy atom. The molecule has 0 radical (unpaired) electrons. The highest BCUT2D eigenvalue weighted by Crippen LogP contribution is 2.67. The molecular formula is C25H40O4. The Hall–Kier alpha value is -0.610.